The molecule has 0 heterocycles. The van der Waals surface area contributed by atoms with Gasteiger partial charge in [0.25, 0.3) is 0 Å². The molecule has 2 heteroatoms. The summed E-state index contributed by atoms with van der Waals surface area (Å²) in [4.78, 5) is 12.5. The van der Waals surface area contributed by atoms with Crippen molar-refractivity contribution in [3.05, 3.63) is 65.2 Å². The highest BCUT2D eigenvalue weighted by Gasteiger charge is 2.43. The number of carbonyl (C=O) groups excluding carboxylic acids is 1. The van der Waals surface area contributed by atoms with Crippen molar-refractivity contribution in [1.82, 2.24) is 0 Å². The van der Waals surface area contributed by atoms with E-state index in [9.17, 15) is 4.79 Å². The van der Waals surface area contributed by atoms with Gasteiger partial charge in [0.2, 0.25) is 0 Å². The Bertz CT molecular complexity index is 672. The average Bonchev–Trinajstić information content (AvgIpc) is 2.87. The Kier molecular flexibility index (Phi) is 4.02. The van der Waals surface area contributed by atoms with Gasteiger partial charge in [-0.25, -0.2) is 0 Å². The van der Waals surface area contributed by atoms with Crippen LogP contribution in [0.1, 0.15) is 54.1 Å². The van der Waals surface area contributed by atoms with Crippen LogP contribution in [-0.2, 0) is 5.41 Å². The molecule has 0 fully saturated rings. The Morgan fingerprint density at radius 2 is 1.82 bits per heavy atom. The Balaban J connectivity index is 2.12. The van der Waals surface area contributed by atoms with E-state index in [2.05, 4.69) is 25.1 Å². The Morgan fingerprint density at radius 1 is 1.09 bits per heavy atom. The summed E-state index contributed by atoms with van der Waals surface area (Å²) in [6, 6.07) is 16.3. The lowest BCUT2D eigenvalue weighted by Gasteiger charge is -2.30. The topological polar surface area (TPSA) is 26.3 Å². The van der Waals surface area contributed by atoms with Crippen molar-refractivity contribution in [1.29, 1.82) is 0 Å². The van der Waals surface area contributed by atoms with Gasteiger partial charge in [0.05, 0.1) is 7.11 Å². The lowest BCUT2D eigenvalue weighted by molar-refractivity contribution is 0.0977. The fourth-order valence-corrected chi connectivity index (χ4v) is 3.62. The minimum absolute atomic E-state index is 0.171. The first-order valence-electron chi connectivity index (χ1n) is 7.98. The molecule has 2 nitrogen and oxygen atoms in total. The van der Waals surface area contributed by atoms with Crippen LogP contribution in [0.5, 0.6) is 5.75 Å². The molecule has 0 radical (unpaired) electrons. The minimum Gasteiger partial charge on any atom is -0.497 e. The number of benzene rings is 2. The molecule has 0 saturated carbocycles. The smallest absolute Gasteiger partial charge is 0.164 e. The molecule has 114 valence electrons. The first-order chi connectivity index (χ1) is 10.7. The molecule has 0 N–H and O–H groups in total. The molecule has 0 bridgehead atoms. The number of rotatable bonds is 5. The van der Waals surface area contributed by atoms with Gasteiger partial charge in [-0.2, -0.15) is 0 Å². The Morgan fingerprint density at radius 3 is 2.50 bits per heavy atom. The normalized spacial score (nSPS) is 20.0. The maximum Gasteiger partial charge on any atom is 0.164 e. The van der Waals surface area contributed by atoms with E-state index < -0.39 is 0 Å². The van der Waals surface area contributed by atoms with E-state index in [-0.39, 0.29) is 11.2 Å². The van der Waals surface area contributed by atoms with E-state index in [1.54, 1.807) is 7.11 Å². The summed E-state index contributed by atoms with van der Waals surface area (Å²) in [5.41, 5.74) is 3.14. The number of unbranched alkanes of at least 4 members (excludes halogenated alkanes) is 1. The monoisotopic (exact) mass is 294 g/mol. The second-order valence-electron chi connectivity index (χ2n) is 6.06. The van der Waals surface area contributed by atoms with Crippen molar-refractivity contribution >= 4 is 5.78 Å². The molecule has 0 aromatic heterocycles. The second kappa shape index (κ2) is 5.96. The zero-order chi connectivity index (χ0) is 15.6. The van der Waals surface area contributed by atoms with Gasteiger partial charge in [-0.05, 0) is 29.7 Å². The quantitative estimate of drug-likeness (QED) is 0.795. The second-order valence-corrected chi connectivity index (χ2v) is 6.06. The largest absolute Gasteiger partial charge is 0.497 e. The molecule has 0 spiro atoms. The van der Waals surface area contributed by atoms with Crippen LogP contribution in [0.3, 0.4) is 0 Å². The Hall–Kier alpha value is -2.09. The van der Waals surface area contributed by atoms with E-state index in [1.807, 2.05) is 30.3 Å². The summed E-state index contributed by atoms with van der Waals surface area (Å²) in [6.07, 6.45) is 3.85. The molecular weight excluding hydrogens is 272 g/mol. The van der Waals surface area contributed by atoms with E-state index in [1.165, 1.54) is 11.1 Å². The molecule has 2 aromatic rings. The fraction of sp³-hybridized carbons (Fsp3) is 0.350. The number of carbonyl (C=O) groups is 1. The molecule has 1 atom stereocenters. The molecule has 0 saturated heterocycles. The van der Waals surface area contributed by atoms with Crippen LogP contribution in [0, 0.1) is 0 Å². The SMILES string of the molecule is CCCCC1(c2ccc(OC)cc2)CC(=O)c2ccccc21. The third-order valence-corrected chi connectivity index (χ3v) is 4.81. The van der Waals surface area contributed by atoms with Crippen LogP contribution in [0.25, 0.3) is 0 Å². The highest BCUT2D eigenvalue weighted by molar-refractivity contribution is 6.03. The van der Waals surface area contributed by atoms with Crippen molar-refractivity contribution in [2.24, 2.45) is 0 Å². The van der Waals surface area contributed by atoms with Gasteiger partial charge in [0, 0.05) is 17.4 Å². The highest BCUT2D eigenvalue weighted by Crippen LogP contribution is 2.47. The zero-order valence-corrected chi connectivity index (χ0v) is 13.3. The van der Waals surface area contributed by atoms with E-state index in [0.29, 0.717) is 6.42 Å². The van der Waals surface area contributed by atoms with Crippen LogP contribution in [0.2, 0.25) is 0 Å². The highest BCUT2D eigenvalue weighted by atomic mass is 16.5. The number of methoxy groups -OCH3 is 1. The zero-order valence-electron chi connectivity index (χ0n) is 13.3. The number of fused-ring (bicyclic) bond motifs is 1. The van der Waals surface area contributed by atoms with Gasteiger partial charge < -0.3 is 4.74 Å². The first kappa shape index (κ1) is 14.8. The van der Waals surface area contributed by atoms with Gasteiger partial charge in [0.15, 0.2) is 5.78 Å². The number of Topliss-reactive ketones (excluding diaryl/α,β-unsaturated/α-hetero) is 1. The van der Waals surface area contributed by atoms with Crippen molar-refractivity contribution in [3.8, 4) is 5.75 Å². The first-order valence-corrected chi connectivity index (χ1v) is 7.98. The fourth-order valence-electron chi connectivity index (χ4n) is 3.62. The number of hydrogen-bond donors (Lipinski definition) is 0. The predicted octanol–water partition coefficient (Wildman–Crippen LogP) is 4.76. The van der Waals surface area contributed by atoms with Crippen LogP contribution in [0.15, 0.2) is 48.5 Å². The molecular formula is C20H22O2. The Labute approximate surface area is 132 Å². The van der Waals surface area contributed by atoms with Crippen molar-refractivity contribution in [2.45, 2.75) is 38.0 Å². The van der Waals surface area contributed by atoms with E-state index in [4.69, 9.17) is 4.74 Å². The van der Waals surface area contributed by atoms with Gasteiger partial charge in [-0.15, -0.1) is 0 Å². The van der Waals surface area contributed by atoms with Gasteiger partial charge >= 0.3 is 0 Å². The van der Waals surface area contributed by atoms with Gasteiger partial charge in [-0.3, -0.25) is 4.79 Å². The minimum atomic E-state index is -0.171. The summed E-state index contributed by atoms with van der Waals surface area (Å²) in [5, 5.41) is 0. The number of ketones is 1. The van der Waals surface area contributed by atoms with Crippen LogP contribution in [-0.4, -0.2) is 12.9 Å². The summed E-state index contributed by atoms with van der Waals surface area (Å²) < 4.78 is 5.27. The third kappa shape index (κ3) is 2.33. The predicted molar refractivity (Wildman–Crippen MR) is 88.7 cm³/mol. The summed E-state index contributed by atoms with van der Waals surface area (Å²) in [7, 11) is 1.68. The standard InChI is InChI=1S/C20H22O2/c1-3-4-13-20(15-9-11-16(22-2)12-10-15)14-19(21)17-7-5-6-8-18(17)20/h5-12H,3-4,13-14H2,1-2H3. The maximum absolute atomic E-state index is 12.5. The molecule has 0 aliphatic heterocycles. The van der Waals surface area contributed by atoms with E-state index in [0.717, 1.165) is 30.6 Å². The van der Waals surface area contributed by atoms with Gasteiger partial charge in [0.1, 0.15) is 5.75 Å². The average molecular weight is 294 g/mol. The molecule has 3 rings (SSSR count). The lowest BCUT2D eigenvalue weighted by Crippen LogP contribution is -2.25. The molecule has 22 heavy (non-hydrogen) atoms. The maximum atomic E-state index is 12.5. The number of hydrogen-bond acceptors (Lipinski definition) is 2. The van der Waals surface area contributed by atoms with E-state index >= 15 is 0 Å². The summed E-state index contributed by atoms with van der Waals surface area (Å²) in [5.74, 6) is 1.12. The van der Waals surface area contributed by atoms with Crippen LogP contribution >= 0.6 is 0 Å². The van der Waals surface area contributed by atoms with Crippen LogP contribution < -0.4 is 4.74 Å². The molecule has 0 amide bonds. The van der Waals surface area contributed by atoms with Gasteiger partial charge in [-0.1, -0.05) is 56.2 Å². The molecule has 1 unspecified atom stereocenters. The van der Waals surface area contributed by atoms with Crippen molar-refractivity contribution in [2.75, 3.05) is 7.11 Å². The third-order valence-electron chi connectivity index (χ3n) is 4.81. The van der Waals surface area contributed by atoms with Crippen molar-refractivity contribution < 1.29 is 9.53 Å². The molecule has 2 aromatic carbocycles. The number of ether oxygens (including phenoxy) is 1. The van der Waals surface area contributed by atoms with Crippen LogP contribution in [0.4, 0.5) is 0 Å². The lowest BCUT2D eigenvalue weighted by atomic mass is 9.72. The molecule has 1 aliphatic rings. The summed E-state index contributed by atoms with van der Waals surface area (Å²) >= 11 is 0. The summed E-state index contributed by atoms with van der Waals surface area (Å²) in [6.45, 7) is 2.20. The molecule has 1 aliphatic carbocycles. The van der Waals surface area contributed by atoms with Crippen molar-refractivity contribution in [3.63, 3.8) is 0 Å².